The lowest BCUT2D eigenvalue weighted by Gasteiger charge is -2.12. The van der Waals surface area contributed by atoms with Crippen LogP contribution in [0.2, 0.25) is 0 Å². The predicted octanol–water partition coefficient (Wildman–Crippen LogP) is 3.18. The smallest absolute Gasteiger partial charge is 0.154 e. The minimum Gasteiger partial charge on any atom is -0.390 e. The summed E-state index contributed by atoms with van der Waals surface area (Å²) in [6.45, 7) is 1.79. The molecule has 0 bridgehead atoms. The van der Waals surface area contributed by atoms with Crippen LogP contribution in [-0.2, 0) is 6.61 Å². The van der Waals surface area contributed by atoms with Gasteiger partial charge in [0.1, 0.15) is 0 Å². The van der Waals surface area contributed by atoms with E-state index in [1.807, 2.05) is 60.3 Å². The summed E-state index contributed by atoms with van der Waals surface area (Å²) in [6, 6.07) is 15.3. The molecule has 0 fully saturated rings. The lowest BCUT2D eigenvalue weighted by molar-refractivity contribution is 0.276. The van der Waals surface area contributed by atoms with Gasteiger partial charge >= 0.3 is 0 Å². The molecule has 0 aliphatic carbocycles. The first kappa shape index (κ1) is 19.1. The molecule has 154 valence electrons. The van der Waals surface area contributed by atoms with Crippen LogP contribution >= 0.6 is 0 Å². The fourth-order valence-electron chi connectivity index (χ4n) is 3.59. The number of benzene rings is 1. The van der Waals surface area contributed by atoms with Crippen molar-refractivity contribution in [3.05, 3.63) is 84.8 Å². The maximum Gasteiger partial charge on any atom is 0.154 e. The summed E-state index contributed by atoms with van der Waals surface area (Å²) >= 11 is 0. The van der Waals surface area contributed by atoms with Crippen molar-refractivity contribution >= 4 is 10.9 Å². The summed E-state index contributed by atoms with van der Waals surface area (Å²) in [7, 11) is 0. The Morgan fingerprint density at radius 1 is 1.10 bits per heavy atom. The summed E-state index contributed by atoms with van der Waals surface area (Å²) in [5.41, 5.74) is 11.0. The highest BCUT2D eigenvalue weighted by Crippen LogP contribution is 2.31. The molecular weight excluding hydrogens is 390 g/mol. The molecule has 8 heteroatoms. The second-order valence-corrected chi connectivity index (χ2v) is 7.34. The normalized spacial score (nSPS) is 12.4. The first-order valence-electron chi connectivity index (χ1n) is 9.94. The Hall–Kier alpha value is -3.88. The van der Waals surface area contributed by atoms with Crippen LogP contribution in [0.15, 0.2) is 73.4 Å². The number of fused-ring (bicyclic) bond motifs is 1. The van der Waals surface area contributed by atoms with Gasteiger partial charge in [-0.15, -0.1) is 0 Å². The van der Waals surface area contributed by atoms with E-state index < -0.39 is 0 Å². The molecule has 0 aliphatic heterocycles. The number of hydrogen-bond donors (Lipinski definition) is 2. The summed E-state index contributed by atoms with van der Waals surface area (Å²) in [6.07, 6.45) is 7.20. The molecule has 1 atom stereocenters. The van der Waals surface area contributed by atoms with Gasteiger partial charge in [-0.05, 0) is 43.3 Å². The van der Waals surface area contributed by atoms with Crippen LogP contribution in [-0.4, -0.2) is 34.4 Å². The SMILES string of the molecule is CC(N)c1cccc(-c2cc(-n3ccnc3)c3cnn(-c4cccc(CO)n4)c3c2)n1. The van der Waals surface area contributed by atoms with E-state index in [4.69, 9.17) is 10.7 Å². The molecule has 8 nitrogen and oxygen atoms in total. The average Bonchev–Trinajstić information content (AvgIpc) is 3.49. The first-order chi connectivity index (χ1) is 15.1. The van der Waals surface area contributed by atoms with Gasteiger partial charge in [-0.3, -0.25) is 4.98 Å². The van der Waals surface area contributed by atoms with Gasteiger partial charge in [0.15, 0.2) is 5.82 Å². The standard InChI is InChI=1S/C23H21N7O/c1-15(24)19-5-3-6-20(28-19)16-10-21(29-9-8-25-14-29)18-12-26-30(22(18)11-16)23-7-2-4-17(13-31)27-23/h2-12,14-15,31H,13,24H2,1H3. The van der Waals surface area contributed by atoms with Gasteiger partial charge in [0.25, 0.3) is 0 Å². The van der Waals surface area contributed by atoms with Gasteiger partial charge in [-0.2, -0.15) is 5.10 Å². The van der Waals surface area contributed by atoms with E-state index in [2.05, 4.69) is 21.1 Å². The number of pyridine rings is 2. The van der Waals surface area contributed by atoms with Crippen LogP contribution in [0.3, 0.4) is 0 Å². The number of nitrogens with zero attached hydrogens (tertiary/aromatic N) is 6. The van der Waals surface area contributed by atoms with Gasteiger partial charge < -0.3 is 15.4 Å². The quantitative estimate of drug-likeness (QED) is 0.460. The monoisotopic (exact) mass is 411 g/mol. The number of aliphatic hydroxyl groups excluding tert-OH is 1. The molecule has 0 spiro atoms. The van der Waals surface area contributed by atoms with Crippen molar-refractivity contribution in [3.8, 4) is 22.8 Å². The molecule has 5 rings (SSSR count). The van der Waals surface area contributed by atoms with Crippen LogP contribution in [0.25, 0.3) is 33.7 Å². The van der Waals surface area contributed by atoms with E-state index in [-0.39, 0.29) is 12.6 Å². The Morgan fingerprint density at radius 3 is 2.74 bits per heavy atom. The first-order valence-corrected chi connectivity index (χ1v) is 9.94. The molecule has 3 N–H and O–H groups in total. The van der Waals surface area contributed by atoms with Gasteiger partial charge in [0.05, 0.1) is 47.4 Å². The Balaban J connectivity index is 1.76. The third-order valence-corrected chi connectivity index (χ3v) is 5.15. The second-order valence-electron chi connectivity index (χ2n) is 7.34. The van der Waals surface area contributed by atoms with Crippen molar-refractivity contribution in [2.45, 2.75) is 19.6 Å². The predicted molar refractivity (Wildman–Crippen MR) is 118 cm³/mol. The van der Waals surface area contributed by atoms with Crippen molar-refractivity contribution in [2.75, 3.05) is 0 Å². The molecule has 4 heterocycles. The Labute approximate surface area is 178 Å². The van der Waals surface area contributed by atoms with Crippen LogP contribution in [0.1, 0.15) is 24.4 Å². The number of nitrogens with two attached hydrogens (primary N) is 1. The van der Waals surface area contributed by atoms with Gasteiger partial charge in [-0.25, -0.2) is 14.6 Å². The van der Waals surface area contributed by atoms with Crippen LogP contribution in [0, 0.1) is 0 Å². The average molecular weight is 411 g/mol. The molecule has 1 unspecified atom stereocenters. The van der Waals surface area contributed by atoms with Gasteiger partial charge in [0.2, 0.25) is 0 Å². The highest BCUT2D eigenvalue weighted by molar-refractivity contribution is 5.92. The van der Waals surface area contributed by atoms with Crippen LogP contribution < -0.4 is 5.73 Å². The number of imidazole rings is 1. The molecule has 0 saturated carbocycles. The van der Waals surface area contributed by atoms with Crippen molar-refractivity contribution < 1.29 is 5.11 Å². The summed E-state index contributed by atoms with van der Waals surface area (Å²) in [5.74, 6) is 0.632. The van der Waals surface area contributed by atoms with E-state index in [1.165, 1.54) is 0 Å². The van der Waals surface area contributed by atoms with Crippen LogP contribution in [0.5, 0.6) is 0 Å². The summed E-state index contributed by atoms with van der Waals surface area (Å²) in [4.78, 5) is 13.5. The van der Waals surface area contributed by atoms with Gasteiger partial charge in [0, 0.05) is 29.4 Å². The zero-order chi connectivity index (χ0) is 21.4. The lowest BCUT2D eigenvalue weighted by Crippen LogP contribution is -2.07. The fourth-order valence-corrected chi connectivity index (χ4v) is 3.59. The Bertz CT molecular complexity index is 1360. The molecule has 0 amide bonds. The van der Waals surface area contributed by atoms with E-state index in [9.17, 15) is 5.11 Å². The van der Waals surface area contributed by atoms with Gasteiger partial charge in [-0.1, -0.05) is 12.1 Å². The lowest BCUT2D eigenvalue weighted by atomic mass is 10.1. The maximum atomic E-state index is 9.48. The molecule has 0 saturated heterocycles. The second kappa shape index (κ2) is 7.75. The summed E-state index contributed by atoms with van der Waals surface area (Å²) in [5, 5.41) is 15.0. The molecule has 5 aromatic rings. The highest BCUT2D eigenvalue weighted by Gasteiger charge is 2.15. The number of aliphatic hydroxyl groups is 1. The maximum absolute atomic E-state index is 9.48. The Morgan fingerprint density at radius 2 is 1.97 bits per heavy atom. The highest BCUT2D eigenvalue weighted by atomic mass is 16.3. The third-order valence-electron chi connectivity index (χ3n) is 5.15. The topological polar surface area (TPSA) is 108 Å². The van der Waals surface area contributed by atoms with E-state index in [0.717, 1.165) is 33.5 Å². The minimum atomic E-state index is -0.159. The zero-order valence-corrected chi connectivity index (χ0v) is 16.9. The third kappa shape index (κ3) is 3.48. The zero-order valence-electron chi connectivity index (χ0n) is 16.9. The molecular formula is C23H21N7O. The van der Waals surface area contributed by atoms with Crippen molar-refractivity contribution in [2.24, 2.45) is 5.73 Å². The van der Waals surface area contributed by atoms with E-state index in [0.29, 0.717) is 11.5 Å². The molecule has 31 heavy (non-hydrogen) atoms. The Kier molecular flexibility index (Phi) is 4.78. The molecule has 1 aromatic carbocycles. The largest absolute Gasteiger partial charge is 0.390 e. The number of aromatic nitrogens is 6. The molecule has 0 radical (unpaired) electrons. The number of hydrogen-bond acceptors (Lipinski definition) is 6. The van der Waals surface area contributed by atoms with Crippen molar-refractivity contribution in [1.82, 2.24) is 29.3 Å². The van der Waals surface area contributed by atoms with E-state index >= 15 is 0 Å². The summed E-state index contributed by atoms with van der Waals surface area (Å²) < 4.78 is 3.72. The minimum absolute atomic E-state index is 0.132. The van der Waals surface area contributed by atoms with E-state index in [1.54, 1.807) is 23.3 Å². The van der Waals surface area contributed by atoms with Crippen molar-refractivity contribution in [1.29, 1.82) is 0 Å². The fraction of sp³-hybridized carbons (Fsp3) is 0.130. The van der Waals surface area contributed by atoms with Crippen molar-refractivity contribution in [3.63, 3.8) is 0 Å². The molecule has 0 aliphatic rings. The van der Waals surface area contributed by atoms with Crippen LogP contribution in [0.4, 0.5) is 0 Å². The molecule has 4 aromatic heterocycles. The number of rotatable bonds is 5.